The van der Waals surface area contributed by atoms with Crippen LogP contribution in [0.15, 0.2) is 53.4 Å². The molecule has 0 spiro atoms. The van der Waals surface area contributed by atoms with E-state index in [4.69, 9.17) is 4.74 Å². The quantitative estimate of drug-likeness (QED) is 0.410. The Balaban J connectivity index is 1.47. The van der Waals surface area contributed by atoms with E-state index in [1.54, 1.807) is 25.1 Å². The fourth-order valence-corrected chi connectivity index (χ4v) is 6.80. The molecule has 2 aromatic carbocycles. The van der Waals surface area contributed by atoms with Gasteiger partial charge in [-0.1, -0.05) is 44.9 Å². The minimum absolute atomic E-state index is 0.0296. The molecule has 39 heavy (non-hydrogen) atoms. The van der Waals surface area contributed by atoms with Crippen LogP contribution in [0.1, 0.15) is 68.3 Å². The number of ether oxygens (including phenoxy) is 1. The molecule has 9 nitrogen and oxygen atoms in total. The average molecular weight is 556 g/mol. The van der Waals surface area contributed by atoms with Gasteiger partial charge in [-0.25, -0.2) is 8.42 Å². The van der Waals surface area contributed by atoms with Crippen molar-refractivity contribution in [3.8, 4) is 0 Å². The zero-order valence-electron chi connectivity index (χ0n) is 22.7. The van der Waals surface area contributed by atoms with Crippen LogP contribution in [0.2, 0.25) is 0 Å². The van der Waals surface area contributed by atoms with Gasteiger partial charge in [0.15, 0.2) is 5.78 Å². The first-order chi connectivity index (χ1) is 18.5. The molecule has 1 heterocycles. The number of hydrogen-bond acceptors (Lipinski definition) is 6. The van der Waals surface area contributed by atoms with Gasteiger partial charge in [0.2, 0.25) is 5.91 Å². The van der Waals surface area contributed by atoms with Crippen LogP contribution >= 0.6 is 0 Å². The Kier molecular flexibility index (Phi) is 8.76. The van der Waals surface area contributed by atoms with Gasteiger partial charge in [-0.05, 0) is 73.9 Å². The molecule has 1 aliphatic heterocycles. The average Bonchev–Trinajstić information content (AvgIpc) is 3.49. The van der Waals surface area contributed by atoms with Crippen molar-refractivity contribution < 1.29 is 27.5 Å². The smallest absolute Gasteiger partial charge is 0.262 e. The first-order valence-corrected chi connectivity index (χ1v) is 14.9. The normalized spacial score (nSPS) is 21.4. The number of hydrogen-bond donors (Lipinski definition) is 3. The monoisotopic (exact) mass is 555 g/mol. The van der Waals surface area contributed by atoms with Gasteiger partial charge in [-0.3, -0.25) is 19.1 Å². The molecule has 2 amide bonds. The lowest BCUT2D eigenvalue weighted by Crippen LogP contribution is -2.54. The molecule has 10 heteroatoms. The summed E-state index contributed by atoms with van der Waals surface area (Å²) in [6.45, 7) is 5.71. The Hall–Kier alpha value is -3.24. The van der Waals surface area contributed by atoms with Crippen molar-refractivity contribution in [2.75, 3.05) is 11.3 Å². The maximum absolute atomic E-state index is 13.4. The molecule has 0 bridgehead atoms. The molecule has 2 aromatic rings. The summed E-state index contributed by atoms with van der Waals surface area (Å²) in [6.07, 6.45) is 4.74. The molecular formula is C29H37N3O6S. The van der Waals surface area contributed by atoms with E-state index in [9.17, 15) is 22.8 Å². The van der Waals surface area contributed by atoms with Crippen molar-refractivity contribution in [2.24, 2.45) is 5.41 Å². The third-order valence-corrected chi connectivity index (χ3v) is 9.31. The number of sulfonamides is 1. The van der Waals surface area contributed by atoms with Gasteiger partial charge in [0, 0.05) is 11.3 Å². The first kappa shape index (κ1) is 28.8. The standard InChI is InChI=1S/C29H37N3O6S/c1-4-24-26(23(33)18-38-24)31-28(35)22(17-29(3)15-7-8-16-29)30-27(34)20-11-13-21(14-12-20)32-39(36,37)25-10-6-5-9-19(25)2/h5-6,9-14,22,24,26,32H,4,7-8,15-18H2,1-3H3,(H,30,34)(H,31,35)/t22-,24-,26+/m0/s1. The molecule has 0 unspecified atom stereocenters. The molecule has 3 N–H and O–H groups in total. The van der Waals surface area contributed by atoms with E-state index in [1.807, 2.05) is 6.92 Å². The number of rotatable bonds is 10. The van der Waals surface area contributed by atoms with E-state index in [0.29, 0.717) is 24.1 Å². The molecule has 210 valence electrons. The number of carbonyl (C=O) groups excluding carboxylic acids is 3. The minimum Gasteiger partial charge on any atom is -0.368 e. The van der Waals surface area contributed by atoms with Crippen LogP contribution in [0.3, 0.4) is 0 Å². The fourth-order valence-electron chi connectivity index (χ4n) is 5.50. The molecule has 1 aliphatic carbocycles. The van der Waals surface area contributed by atoms with Gasteiger partial charge in [-0.15, -0.1) is 0 Å². The van der Waals surface area contributed by atoms with E-state index in [2.05, 4.69) is 22.3 Å². The topological polar surface area (TPSA) is 131 Å². The van der Waals surface area contributed by atoms with Crippen molar-refractivity contribution in [1.29, 1.82) is 0 Å². The van der Waals surface area contributed by atoms with Crippen LogP contribution in [0.4, 0.5) is 5.69 Å². The minimum atomic E-state index is -3.79. The highest BCUT2D eigenvalue weighted by Crippen LogP contribution is 2.41. The number of ketones is 1. The first-order valence-electron chi connectivity index (χ1n) is 13.5. The van der Waals surface area contributed by atoms with Gasteiger partial charge in [0.1, 0.15) is 18.7 Å². The molecule has 0 aromatic heterocycles. The highest BCUT2D eigenvalue weighted by Gasteiger charge is 2.40. The summed E-state index contributed by atoms with van der Waals surface area (Å²) in [5, 5.41) is 5.69. The van der Waals surface area contributed by atoms with E-state index >= 15 is 0 Å². The third-order valence-electron chi connectivity index (χ3n) is 7.77. The number of anilines is 1. The van der Waals surface area contributed by atoms with Crippen molar-refractivity contribution in [3.05, 3.63) is 59.7 Å². The summed E-state index contributed by atoms with van der Waals surface area (Å²) in [5.41, 5.74) is 1.13. The van der Waals surface area contributed by atoms with Crippen LogP contribution in [0.25, 0.3) is 0 Å². The largest absolute Gasteiger partial charge is 0.368 e. The van der Waals surface area contributed by atoms with Gasteiger partial charge < -0.3 is 15.4 Å². The SMILES string of the molecule is CC[C@@H]1OCC(=O)[C@H]1NC(=O)[C@H](CC1(C)CCCC1)NC(=O)c1ccc(NS(=O)(=O)c2ccccc2C)cc1. The van der Waals surface area contributed by atoms with Crippen LogP contribution in [0.5, 0.6) is 0 Å². The zero-order chi connectivity index (χ0) is 28.2. The van der Waals surface area contributed by atoms with Crippen molar-refractivity contribution in [3.63, 3.8) is 0 Å². The van der Waals surface area contributed by atoms with Crippen molar-refractivity contribution in [2.45, 2.75) is 82.4 Å². The maximum Gasteiger partial charge on any atom is 0.262 e. The lowest BCUT2D eigenvalue weighted by atomic mass is 9.81. The van der Waals surface area contributed by atoms with Gasteiger partial charge >= 0.3 is 0 Å². The molecule has 2 aliphatic rings. The highest BCUT2D eigenvalue weighted by molar-refractivity contribution is 7.92. The Morgan fingerprint density at radius 1 is 1.08 bits per heavy atom. The van der Waals surface area contributed by atoms with Crippen molar-refractivity contribution >= 4 is 33.3 Å². The second-order valence-electron chi connectivity index (χ2n) is 10.9. The summed E-state index contributed by atoms with van der Waals surface area (Å²) in [7, 11) is -3.79. The molecule has 1 saturated heterocycles. The number of carbonyl (C=O) groups is 3. The number of nitrogens with one attached hydrogen (secondary N) is 3. The zero-order valence-corrected chi connectivity index (χ0v) is 23.5. The van der Waals surface area contributed by atoms with Crippen LogP contribution in [-0.2, 0) is 24.3 Å². The molecule has 1 saturated carbocycles. The summed E-state index contributed by atoms with van der Waals surface area (Å²) in [5.74, 6) is -1.02. The third kappa shape index (κ3) is 6.86. The fraction of sp³-hybridized carbons (Fsp3) is 0.483. The highest BCUT2D eigenvalue weighted by atomic mass is 32.2. The number of benzene rings is 2. The van der Waals surface area contributed by atoms with E-state index in [1.165, 1.54) is 30.3 Å². The van der Waals surface area contributed by atoms with Gasteiger partial charge in [0.05, 0.1) is 11.0 Å². The Morgan fingerprint density at radius 3 is 2.38 bits per heavy atom. The van der Waals surface area contributed by atoms with E-state index in [0.717, 1.165) is 25.7 Å². The lowest BCUT2D eigenvalue weighted by Gasteiger charge is -2.30. The Morgan fingerprint density at radius 2 is 1.74 bits per heavy atom. The van der Waals surface area contributed by atoms with Crippen molar-refractivity contribution in [1.82, 2.24) is 10.6 Å². The number of amides is 2. The maximum atomic E-state index is 13.4. The summed E-state index contributed by atoms with van der Waals surface area (Å²) >= 11 is 0. The molecule has 3 atom stereocenters. The molecule has 2 fully saturated rings. The summed E-state index contributed by atoms with van der Waals surface area (Å²) < 4.78 is 33.6. The predicted molar refractivity (Wildman–Crippen MR) is 148 cm³/mol. The predicted octanol–water partition coefficient (Wildman–Crippen LogP) is 3.73. The van der Waals surface area contributed by atoms with Crippen LogP contribution in [-0.4, -0.2) is 50.8 Å². The van der Waals surface area contributed by atoms with E-state index < -0.39 is 33.9 Å². The lowest BCUT2D eigenvalue weighted by molar-refractivity contribution is -0.128. The second kappa shape index (κ2) is 11.9. The summed E-state index contributed by atoms with van der Waals surface area (Å²) in [6, 6.07) is 11.2. The molecule has 0 radical (unpaired) electrons. The van der Waals surface area contributed by atoms with Crippen LogP contribution < -0.4 is 15.4 Å². The Bertz CT molecular complexity index is 1320. The number of aryl methyl sites for hydroxylation is 1. The van der Waals surface area contributed by atoms with E-state index in [-0.39, 0.29) is 34.4 Å². The second-order valence-corrected chi connectivity index (χ2v) is 12.6. The number of Topliss-reactive ketones (excluding diaryl/α,β-unsaturated/α-hetero) is 1. The Labute approximate surface area is 230 Å². The molecular weight excluding hydrogens is 518 g/mol. The summed E-state index contributed by atoms with van der Waals surface area (Å²) in [4.78, 5) is 39.1. The van der Waals surface area contributed by atoms with Crippen LogP contribution in [0, 0.1) is 12.3 Å². The van der Waals surface area contributed by atoms with Gasteiger partial charge in [0.25, 0.3) is 15.9 Å². The van der Waals surface area contributed by atoms with Gasteiger partial charge in [-0.2, -0.15) is 0 Å². The molecule has 4 rings (SSSR count).